The van der Waals surface area contributed by atoms with E-state index in [1.807, 2.05) is 6.92 Å². The lowest BCUT2D eigenvalue weighted by molar-refractivity contribution is -0.137. The molecule has 0 amide bonds. The summed E-state index contributed by atoms with van der Waals surface area (Å²) in [7, 11) is 0. The molecule has 1 aliphatic rings. The molecule has 0 radical (unpaired) electrons. The fourth-order valence-corrected chi connectivity index (χ4v) is 4.67. The zero-order valence-corrected chi connectivity index (χ0v) is 14.0. The third kappa shape index (κ3) is 2.48. The zero-order chi connectivity index (χ0) is 17.9. The van der Waals surface area contributed by atoms with Gasteiger partial charge in [0, 0.05) is 11.1 Å². The monoisotopic (exact) mass is 369 g/mol. The number of fused-ring (bicyclic) bond motifs is 4. The van der Waals surface area contributed by atoms with Crippen molar-refractivity contribution in [2.75, 3.05) is 0 Å². The van der Waals surface area contributed by atoms with Crippen molar-refractivity contribution in [1.82, 2.24) is 15.0 Å². The van der Waals surface area contributed by atoms with E-state index in [2.05, 4.69) is 15.0 Å². The van der Waals surface area contributed by atoms with Crippen LogP contribution >= 0.6 is 11.3 Å². The summed E-state index contributed by atoms with van der Waals surface area (Å²) < 4.78 is 41.9. The van der Waals surface area contributed by atoms with Crippen LogP contribution in [0.3, 0.4) is 0 Å². The Morgan fingerprint density at radius 3 is 2.72 bits per heavy atom. The summed E-state index contributed by atoms with van der Waals surface area (Å²) in [5, 5.41) is -0.161. The first-order valence-electron chi connectivity index (χ1n) is 7.97. The minimum absolute atomic E-state index is 0.0574. The van der Waals surface area contributed by atoms with Crippen LogP contribution in [0.5, 0.6) is 0 Å². The Bertz CT molecular complexity index is 1110. The molecule has 0 saturated heterocycles. The molecule has 0 saturated carbocycles. The number of aromatic amines is 2. The number of alkyl halides is 3. The first kappa shape index (κ1) is 16.3. The molecular formula is C16H14F3N3O2S. The maximum atomic E-state index is 13.9. The molecular weight excluding hydrogens is 355 g/mol. The number of halogens is 3. The Balaban J connectivity index is 2.19. The Morgan fingerprint density at radius 2 is 2.04 bits per heavy atom. The highest BCUT2D eigenvalue weighted by Crippen LogP contribution is 2.45. The van der Waals surface area contributed by atoms with Gasteiger partial charge in [0.15, 0.2) is 0 Å². The maximum absolute atomic E-state index is 13.9. The van der Waals surface area contributed by atoms with E-state index in [0.717, 1.165) is 24.2 Å². The molecule has 0 aromatic carbocycles. The number of thiophene rings is 1. The van der Waals surface area contributed by atoms with Gasteiger partial charge in [-0.15, -0.1) is 11.3 Å². The van der Waals surface area contributed by atoms with Crippen LogP contribution in [-0.4, -0.2) is 15.0 Å². The molecule has 1 atom stereocenters. The summed E-state index contributed by atoms with van der Waals surface area (Å²) in [5.74, 6) is 0.181. The number of nitrogens with one attached hydrogen (secondary N) is 2. The molecule has 3 aromatic rings. The van der Waals surface area contributed by atoms with E-state index in [1.54, 1.807) is 0 Å². The van der Waals surface area contributed by atoms with Crippen molar-refractivity contribution in [2.45, 2.75) is 38.8 Å². The van der Waals surface area contributed by atoms with Crippen molar-refractivity contribution >= 4 is 31.8 Å². The molecule has 1 unspecified atom stereocenters. The van der Waals surface area contributed by atoms with E-state index in [1.165, 1.54) is 0 Å². The predicted octanol–water partition coefficient (Wildman–Crippen LogP) is 3.36. The van der Waals surface area contributed by atoms with Gasteiger partial charge >= 0.3 is 11.9 Å². The van der Waals surface area contributed by atoms with Crippen LogP contribution in [0.15, 0.2) is 9.59 Å². The summed E-state index contributed by atoms with van der Waals surface area (Å²) in [6.07, 6.45) is -2.17. The number of hydrogen-bond donors (Lipinski definition) is 2. The van der Waals surface area contributed by atoms with Gasteiger partial charge in [0.25, 0.3) is 5.56 Å². The standard InChI is InChI=1S/C16H14F3N3O2S/c1-2-6-3-4-8-7(5-6)10(16(17,18)19)9-11-12(25-14(9)20-8)13(23)22-15(24)21-11/h6H,2-5H2,1H3,(H2,21,22,23,24). The molecule has 0 spiro atoms. The Hall–Kier alpha value is -2.16. The van der Waals surface area contributed by atoms with Crippen LogP contribution in [-0.2, 0) is 19.0 Å². The second kappa shape index (κ2) is 5.42. The van der Waals surface area contributed by atoms with Gasteiger partial charge < -0.3 is 4.98 Å². The largest absolute Gasteiger partial charge is 0.417 e. The highest BCUT2D eigenvalue weighted by Gasteiger charge is 2.40. The third-order valence-electron chi connectivity index (χ3n) is 4.84. The summed E-state index contributed by atoms with van der Waals surface area (Å²) in [6, 6.07) is 0. The van der Waals surface area contributed by atoms with E-state index in [-0.39, 0.29) is 31.9 Å². The number of aromatic nitrogens is 3. The molecule has 2 N–H and O–H groups in total. The highest BCUT2D eigenvalue weighted by atomic mass is 32.1. The number of pyridine rings is 1. The van der Waals surface area contributed by atoms with E-state index in [4.69, 9.17) is 0 Å². The molecule has 0 fully saturated rings. The smallest absolute Gasteiger partial charge is 0.305 e. The minimum Gasteiger partial charge on any atom is -0.305 e. The van der Waals surface area contributed by atoms with Gasteiger partial charge in [-0.2, -0.15) is 13.2 Å². The first-order valence-corrected chi connectivity index (χ1v) is 8.79. The van der Waals surface area contributed by atoms with E-state index in [9.17, 15) is 22.8 Å². The van der Waals surface area contributed by atoms with Gasteiger partial charge in [0.1, 0.15) is 9.53 Å². The SMILES string of the molecule is CCC1CCc2nc3sc4c(=O)[nH]c(=O)[nH]c4c3c(C(F)(F)F)c2C1. The maximum Gasteiger partial charge on any atom is 0.417 e. The quantitative estimate of drug-likeness (QED) is 0.690. The number of hydrogen-bond acceptors (Lipinski definition) is 4. The van der Waals surface area contributed by atoms with Crippen LogP contribution in [0, 0.1) is 5.92 Å². The summed E-state index contributed by atoms with van der Waals surface area (Å²) >= 11 is 0.882. The van der Waals surface area contributed by atoms with Gasteiger partial charge in [0.2, 0.25) is 0 Å². The average molecular weight is 369 g/mol. The topological polar surface area (TPSA) is 78.6 Å². The average Bonchev–Trinajstić information content (AvgIpc) is 2.89. The molecule has 25 heavy (non-hydrogen) atoms. The van der Waals surface area contributed by atoms with Gasteiger partial charge in [-0.1, -0.05) is 13.3 Å². The molecule has 3 heterocycles. The van der Waals surface area contributed by atoms with Gasteiger partial charge in [0.05, 0.1) is 11.1 Å². The van der Waals surface area contributed by atoms with Crippen molar-refractivity contribution < 1.29 is 13.2 Å². The Labute approximate surface area is 142 Å². The van der Waals surface area contributed by atoms with Gasteiger partial charge in [-0.05, 0) is 30.7 Å². The minimum atomic E-state index is -4.59. The van der Waals surface area contributed by atoms with Crippen LogP contribution in [0.25, 0.3) is 20.4 Å². The summed E-state index contributed by atoms with van der Waals surface area (Å²) in [4.78, 5) is 32.5. The van der Waals surface area contributed by atoms with Crippen molar-refractivity contribution in [3.63, 3.8) is 0 Å². The van der Waals surface area contributed by atoms with E-state index >= 15 is 0 Å². The van der Waals surface area contributed by atoms with E-state index < -0.39 is 23.0 Å². The lowest BCUT2D eigenvalue weighted by Gasteiger charge is -2.26. The fourth-order valence-electron chi connectivity index (χ4n) is 3.62. The van der Waals surface area contributed by atoms with Crippen molar-refractivity contribution in [1.29, 1.82) is 0 Å². The molecule has 0 bridgehead atoms. The van der Waals surface area contributed by atoms with Crippen LogP contribution in [0.1, 0.15) is 36.6 Å². The van der Waals surface area contributed by atoms with Crippen molar-refractivity contribution in [2.24, 2.45) is 5.92 Å². The zero-order valence-electron chi connectivity index (χ0n) is 13.2. The number of nitrogens with zero attached hydrogens (tertiary/aromatic N) is 1. The molecule has 4 rings (SSSR count). The van der Waals surface area contributed by atoms with E-state index in [0.29, 0.717) is 18.5 Å². The predicted molar refractivity (Wildman–Crippen MR) is 89.2 cm³/mol. The van der Waals surface area contributed by atoms with Crippen LogP contribution < -0.4 is 11.2 Å². The number of rotatable bonds is 1. The lowest BCUT2D eigenvalue weighted by Crippen LogP contribution is -2.22. The van der Waals surface area contributed by atoms with Gasteiger partial charge in [-0.3, -0.25) is 9.78 Å². The third-order valence-corrected chi connectivity index (χ3v) is 5.92. The normalized spacial score (nSPS) is 18.0. The highest BCUT2D eigenvalue weighted by molar-refractivity contribution is 7.25. The number of H-pyrrole nitrogens is 2. The van der Waals surface area contributed by atoms with Crippen LogP contribution in [0.4, 0.5) is 13.2 Å². The second-order valence-electron chi connectivity index (χ2n) is 6.32. The Morgan fingerprint density at radius 1 is 1.28 bits per heavy atom. The fraction of sp³-hybridized carbons (Fsp3) is 0.438. The van der Waals surface area contributed by atoms with Crippen molar-refractivity contribution in [3.8, 4) is 0 Å². The molecule has 0 aliphatic heterocycles. The Kier molecular flexibility index (Phi) is 3.54. The second-order valence-corrected chi connectivity index (χ2v) is 7.32. The van der Waals surface area contributed by atoms with Crippen molar-refractivity contribution in [3.05, 3.63) is 37.7 Å². The summed E-state index contributed by atoms with van der Waals surface area (Å²) in [6.45, 7) is 1.96. The molecule has 132 valence electrons. The van der Waals surface area contributed by atoms with Crippen LogP contribution in [0.2, 0.25) is 0 Å². The first-order chi connectivity index (χ1) is 11.8. The molecule has 3 aromatic heterocycles. The molecule has 1 aliphatic carbocycles. The molecule has 5 nitrogen and oxygen atoms in total. The van der Waals surface area contributed by atoms with Gasteiger partial charge in [-0.25, -0.2) is 9.78 Å². The summed E-state index contributed by atoms with van der Waals surface area (Å²) in [5.41, 5.74) is -1.68. The number of aryl methyl sites for hydroxylation is 1. The molecule has 9 heteroatoms. The lowest BCUT2D eigenvalue weighted by atomic mass is 9.82.